The van der Waals surface area contributed by atoms with Crippen LogP contribution in [-0.4, -0.2) is 26.3 Å². The van der Waals surface area contributed by atoms with Gasteiger partial charge in [-0.1, -0.05) is 42.3 Å². The lowest BCUT2D eigenvalue weighted by molar-refractivity contribution is -0.112. The maximum Gasteiger partial charge on any atom is 0.296 e. The molecule has 9 heteroatoms. The molecule has 0 spiro atoms. The number of carbonyl (C=O) groups is 2. The molecule has 0 fully saturated rings. The predicted molar refractivity (Wildman–Crippen MR) is 126 cm³/mol. The second kappa shape index (κ2) is 9.21. The number of pyridine rings is 1. The van der Waals surface area contributed by atoms with E-state index in [9.17, 15) is 19.1 Å². The number of benzene rings is 2. The molecule has 2 aromatic heterocycles. The van der Waals surface area contributed by atoms with E-state index in [1.165, 1.54) is 36.7 Å². The van der Waals surface area contributed by atoms with Crippen LogP contribution in [0, 0.1) is 5.82 Å². The molecule has 2 aromatic carbocycles. The van der Waals surface area contributed by atoms with Gasteiger partial charge in [0.2, 0.25) is 0 Å². The van der Waals surface area contributed by atoms with Gasteiger partial charge in [0.15, 0.2) is 0 Å². The fourth-order valence-corrected chi connectivity index (χ4v) is 4.24. The van der Waals surface area contributed by atoms with Crippen LogP contribution in [0.2, 0.25) is 10.0 Å². The second-order valence-corrected chi connectivity index (χ2v) is 8.17. The third-order valence-electron chi connectivity index (χ3n) is 5.27. The zero-order valence-corrected chi connectivity index (χ0v) is 18.9. The zero-order valence-electron chi connectivity index (χ0n) is 17.4. The normalized spacial score (nSPS) is 11.0. The number of fused-ring (bicyclic) bond motifs is 1. The number of amides is 1. The minimum atomic E-state index is -0.927. The highest BCUT2D eigenvalue weighted by atomic mass is 35.5. The molecule has 2 N–H and O–H groups in total. The van der Waals surface area contributed by atoms with Crippen molar-refractivity contribution >= 4 is 51.5 Å². The molecule has 2 heterocycles. The van der Waals surface area contributed by atoms with Crippen LogP contribution >= 0.6 is 23.2 Å². The van der Waals surface area contributed by atoms with E-state index in [0.29, 0.717) is 29.6 Å². The Hall–Kier alpha value is -3.42. The van der Waals surface area contributed by atoms with Crippen molar-refractivity contribution < 1.29 is 19.1 Å². The Balaban J connectivity index is 1.81. The van der Waals surface area contributed by atoms with Crippen LogP contribution in [0.25, 0.3) is 10.9 Å². The third kappa shape index (κ3) is 4.42. The minimum absolute atomic E-state index is 0.0428. The molecule has 0 aliphatic carbocycles. The predicted octanol–water partition coefficient (Wildman–Crippen LogP) is 5.62. The molecule has 0 atom stereocenters. The van der Waals surface area contributed by atoms with Crippen LogP contribution in [0.5, 0.6) is 5.75 Å². The minimum Gasteiger partial charge on any atom is -0.508 e. The summed E-state index contributed by atoms with van der Waals surface area (Å²) in [5, 5.41) is 13.2. The molecule has 0 saturated carbocycles. The van der Waals surface area contributed by atoms with Crippen molar-refractivity contribution in [2.24, 2.45) is 0 Å². The molecular weight excluding hydrogens is 468 g/mol. The van der Waals surface area contributed by atoms with Crippen molar-refractivity contribution in [3.63, 3.8) is 0 Å². The number of Topliss-reactive ketones (excluding diaryl/α,β-unsaturated/α-hetero) is 1. The topological polar surface area (TPSA) is 84.2 Å². The summed E-state index contributed by atoms with van der Waals surface area (Å²) in [4.78, 5) is 30.1. The Morgan fingerprint density at radius 3 is 2.39 bits per heavy atom. The van der Waals surface area contributed by atoms with Crippen molar-refractivity contribution in [2.45, 2.75) is 19.9 Å². The molecule has 1 amide bonds. The lowest BCUT2D eigenvalue weighted by Gasteiger charge is -2.11. The lowest BCUT2D eigenvalue weighted by atomic mass is 10.0. The number of halogens is 3. The number of hydrogen-bond donors (Lipinski definition) is 2. The summed E-state index contributed by atoms with van der Waals surface area (Å²) in [5.74, 6) is -2.12. The number of nitrogens with zero attached hydrogens (tertiary/aromatic N) is 2. The van der Waals surface area contributed by atoms with Crippen molar-refractivity contribution in [1.82, 2.24) is 9.55 Å². The van der Waals surface area contributed by atoms with Gasteiger partial charge in [-0.2, -0.15) is 0 Å². The number of ketones is 1. The van der Waals surface area contributed by atoms with Crippen molar-refractivity contribution in [1.29, 1.82) is 0 Å². The molecule has 4 rings (SSSR count). The highest BCUT2D eigenvalue weighted by molar-refractivity contribution is 6.50. The monoisotopic (exact) mass is 485 g/mol. The summed E-state index contributed by atoms with van der Waals surface area (Å²) in [6.07, 6.45) is 3.04. The quantitative estimate of drug-likeness (QED) is 0.274. The zero-order chi connectivity index (χ0) is 23.7. The Labute approximate surface area is 198 Å². The molecule has 6 nitrogen and oxygen atoms in total. The molecule has 0 unspecified atom stereocenters. The van der Waals surface area contributed by atoms with Crippen molar-refractivity contribution in [3.8, 4) is 5.75 Å². The average Bonchev–Trinajstić information content (AvgIpc) is 3.09. The first-order valence-electron chi connectivity index (χ1n) is 10.0. The molecule has 0 radical (unpaired) electrons. The summed E-state index contributed by atoms with van der Waals surface area (Å²) in [6.45, 7) is 2.21. The third-order valence-corrected chi connectivity index (χ3v) is 5.84. The number of carbonyl (C=O) groups excluding carboxylic acids is 2. The molecule has 33 heavy (non-hydrogen) atoms. The fraction of sp³-hybridized carbons (Fsp3) is 0.125. The Kier molecular flexibility index (Phi) is 6.35. The van der Waals surface area contributed by atoms with E-state index < -0.39 is 11.7 Å². The van der Waals surface area contributed by atoms with Crippen molar-refractivity contribution in [3.05, 3.63) is 87.5 Å². The van der Waals surface area contributed by atoms with E-state index in [2.05, 4.69) is 10.3 Å². The highest BCUT2D eigenvalue weighted by Gasteiger charge is 2.27. The number of phenolic OH excluding ortho intramolecular Hbond substituents is 1. The molecule has 4 aromatic rings. The first-order valence-corrected chi connectivity index (χ1v) is 10.8. The van der Waals surface area contributed by atoms with Crippen LogP contribution < -0.4 is 5.32 Å². The summed E-state index contributed by atoms with van der Waals surface area (Å²) >= 11 is 12.1. The van der Waals surface area contributed by atoms with Gasteiger partial charge in [-0.3, -0.25) is 14.6 Å². The van der Waals surface area contributed by atoms with Crippen LogP contribution in [0.15, 0.2) is 54.9 Å². The number of aromatic hydroxyl groups is 1. The first kappa shape index (κ1) is 22.8. The van der Waals surface area contributed by atoms with E-state index in [-0.39, 0.29) is 32.9 Å². The maximum absolute atomic E-state index is 13.4. The SMILES string of the molecule is CCc1c(C(=O)C(=O)Nc2c(Cl)cncc2Cl)c2cc(O)ccc2n1Cc1ccc(F)cc1. The maximum atomic E-state index is 13.4. The molecule has 168 valence electrons. The van der Waals surface area contributed by atoms with Gasteiger partial charge in [0.1, 0.15) is 11.6 Å². The molecule has 0 saturated heterocycles. The fourth-order valence-electron chi connectivity index (χ4n) is 3.78. The van der Waals surface area contributed by atoms with Crippen LogP contribution in [0.3, 0.4) is 0 Å². The smallest absolute Gasteiger partial charge is 0.296 e. The number of nitrogens with one attached hydrogen (secondary N) is 1. The van der Waals surface area contributed by atoms with Gasteiger partial charge in [0.05, 0.1) is 21.3 Å². The van der Waals surface area contributed by atoms with Gasteiger partial charge >= 0.3 is 0 Å². The molecular formula is C24H18Cl2FN3O3. The van der Waals surface area contributed by atoms with Gasteiger partial charge in [-0.15, -0.1) is 0 Å². The largest absolute Gasteiger partial charge is 0.508 e. The number of aromatic nitrogens is 2. The van der Waals surface area contributed by atoms with E-state index in [1.54, 1.807) is 18.2 Å². The summed E-state index contributed by atoms with van der Waals surface area (Å²) in [7, 11) is 0. The number of rotatable bonds is 6. The van der Waals surface area contributed by atoms with Crippen LogP contribution in [-0.2, 0) is 17.8 Å². The van der Waals surface area contributed by atoms with E-state index in [0.717, 1.165) is 5.56 Å². The van der Waals surface area contributed by atoms with E-state index in [4.69, 9.17) is 23.2 Å². The Morgan fingerprint density at radius 2 is 1.76 bits per heavy atom. The second-order valence-electron chi connectivity index (χ2n) is 7.35. The standard InChI is InChI=1S/C24H18Cl2FN3O3/c1-2-19-21(23(32)24(33)29-22-17(25)10-28-11-18(22)26)16-9-15(31)7-8-20(16)30(19)12-13-3-5-14(27)6-4-13/h3-11,31H,2,12H2,1H3,(H,28,29,33). The molecule has 0 aliphatic rings. The molecule has 0 bridgehead atoms. The average molecular weight is 486 g/mol. The van der Waals surface area contributed by atoms with Gasteiger partial charge in [-0.05, 0) is 42.3 Å². The van der Waals surface area contributed by atoms with Gasteiger partial charge in [0, 0.05) is 35.5 Å². The van der Waals surface area contributed by atoms with Crippen LogP contribution in [0.4, 0.5) is 10.1 Å². The summed E-state index contributed by atoms with van der Waals surface area (Å²) < 4.78 is 15.2. The number of phenols is 1. The van der Waals surface area contributed by atoms with E-state index >= 15 is 0 Å². The van der Waals surface area contributed by atoms with Gasteiger partial charge in [0.25, 0.3) is 11.7 Å². The Bertz CT molecular complexity index is 1360. The first-order chi connectivity index (χ1) is 15.8. The van der Waals surface area contributed by atoms with Crippen molar-refractivity contribution in [2.75, 3.05) is 5.32 Å². The molecule has 0 aliphatic heterocycles. The number of anilines is 1. The summed E-state index contributed by atoms with van der Waals surface area (Å²) in [6, 6.07) is 10.7. The van der Waals surface area contributed by atoms with E-state index in [1.807, 2.05) is 11.5 Å². The van der Waals surface area contributed by atoms with Crippen LogP contribution in [0.1, 0.15) is 28.5 Å². The van der Waals surface area contributed by atoms with Gasteiger partial charge < -0.3 is 15.0 Å². The van der Waals surface area contributed by atoms with Gasteiger partial charge in [-0.25, -0.2) is 4.39 Å². The summed E-state index contributed by atoms with van der Waals surface area (Å²) in [5.41, 5.74) is 2.33. The Morgan fingerprint density at radius 1 is 1.09 bits per heavy atom. The number of hydrogen-bond acceptors (Lipinski definition) is 4. The lowest BCUT2D eigenvalue weighted by Crippen LogP contribution is -2.24. The highest BCUT2D eigenvalue weighted by Crippen LogP contribution is 2.33.